The Labute approximate surface area is 183 Å². The van der Waals surface area contributed by atoms with E-state index >= 15 is 0 Å². The Hall–Kier alpha value is -2.00. The Morgan fingerprint density at radius 1 is 1.10 bits per heavy atom. The van der Waals surface area contributed by atoms with E-state index in [1.165, 1.54) is 29.1 Å². The molecule has 0 unspecified atom stereocenters. The minimum Gasteiger partial charge on any atom is -0.260 e. The van der Waals surface area contributed by atoms with Gasteiger partial charge in [-0.3, -0.25) is 5.43 Å². The average Bonchev–Trinajstić information content (AvgIpc) is 2.93. The molecule has 152 valence electrons. The van der Waals surface area contributed by atoms with Gasteiger partial charge < -0.3 is 0 Å². The molecule has 0 spiro atoms. The summed E-state index contributed by atoms with van der Waals surface area (Å²) in [5.74, 6) is 0.163. The second-order valence-electron chi connectivity index (χ2n) is 5.71. The van der Waals surface area contributed by atoms with Crippen LogP contribution in [0.25, 0.3) is 5.69 Å². The second kappa shape index (κ2) is 8.39. The van der Waals surface area contributed by atoms with Crippen LogP contribution in [0.15, 0.2) is 35.4 Å². The molecule has 0 amide bonds. The van der Waals surface area contributed by atoms with Crippen LogP contribution < -0.4 is 5.43 Å². The molecule has 0 aliphatic rings. The van der Waals surface area contributed by atoms with Gasteiger partial charge in [-0.1, -0.05) is 52.5 Å². The molecule has 29 heavy (non-hydrogen) atoms. The van der Waals surface area contributed by atoms with Crippen LogP contribution in [0.1, 0.15) is 16.8 Å². The quantitative estimate of drug-likeness (QED) is 0.257. The Morgan fingerprint density at radius 2 is 1.83 bits per heavy atom. The third-order valence-electron chi connectivity index (χ3n) is 3.72. The van der Waals surface area contributed by atoms with Gasteiger partial charge in [-0.2, -0.15) is 23.4 Å². The van der Waals surface area contributed by atoms with Gasteiger partial charge in [0.1, 0.15) is 10.3 Å². The van der Waals surface area contributed by atoms with Gasteiger partial charge in [0, 0.05) is 0 Å². The summed E-state index contributed by atoms with van der Waals surface area (Å²) in [4.78, 5) is 3.95. The number of hydrazone groups is 1. The third-order valence-corrected chi connectivity index (χ3v) is 5.04. The lowest BCUT2D eigenvalue weighted by molar-refractivity contribution is -0.137. The highest BCUT2D eigenvalue weighted by molar-refractivity contribution is 6.42. The first-order chi connectivity index (χ1) is 13.6. The van der Waals surface area contributed by atoms with Gasteiger partial charge in [0.2, 0.25) is 0 Å². The van der Waals surface area contributed by atoms with Crippen molar-refractivity contribution in [3.63, 3.8) is 0 Å². The maximum atomic E-state index is 13.0. The van der Waals surface area contributed by atoms with Crippen molar-refractivity contribution in [1.82, 2.24) is 14.8 Å². The number of benzene rings is 1. The van der Waals surface area contributed by atoms with Gasteiger partial charge in [-0.05, 0) is 31.2 Å². The number of hydrogen-bond donors (Lipinski definition) is 1. The molecular formula is C17H10Cl4F3N5. The predicted octanol–water partition coefficient (Wildman–Crippen LogP) is 6.65. The topological polar surface area (TPSA) is 55.1 Å². The minimum atomic E-state index is -4.48. The van der Waals surface area contributed by atoms with Gasteiger partial charge in [-0.25, -0.2) is 9.67 Å². The zero-order valence-corrected chi connectivity index (χ0v) is 17.4. The van der Waals surface area contributed by atoms with Gasteiger partial charge in [0.15, 0.2) is 5.82 Å². The van der Waals surface area contributed by atoms with Crippen molar-refractivity contribution < 1.29 is 13.2 Å². The van der Waals surface area contributed by atoms with Crippen molar-refractivity contribution in [3.05, 3.63) is 67.5 Å². The molecule has 5 nitrogen and oxygen atoms in total. The summed E-state index contributed by atoms with van der Waals surface area (Å²) < 4.78 is 40.1. The van der Waals surface area contributed by atoms with E-state index in [-0.39, 0.29) is 31.9 Å². The molecule has 2 heterocycles. The van der Waals surface area contributed by atoms with Crippen LogP contribution in [0, 0.1) is 6.92 Å². The maximum Gasteiger partial charge on any atom is 0.416 e. The second-order valence-corrected chi connectivity index (χ2v) is 7.24. The van der Waals surface area contributed by atoms with Crippen LogP contribution in [0.5, 0.6) is 0 Å². The molecule has 0 aliphatic carbocycles. The first-order valence-corrected chi connectivity index (χ1v) is 9.32. The maximum absolute atomic E-state index is 13.0. The molecule has 2 aromatic heterocycles. The molecule has 0 radical (unpaired) electrons. The number of anilines is 1. The monoisotopic (exact) mass is 481 g/mol. The highest BCUT2D eigenvalue weighted by Crippen LogP contribution is 2.32. The van der Waals surface area contributed by atoms with Crippen LogP contribution in [0.4, 0.5) is 19.0 Å². The van der Waals surface area contributed by atoms with Crippen LogP contribution >= 0.6 is 46.4 Å². The third kappa shape index (κ3) is 4.78. The lowest BCUT2D eigenvalue weighted by Crippen LogP contribution is -2.06. The largest absolute Gasteiger partial charge is 0.416 e. The number of alkyl halides is 3. The van der Waals surface area contributed by atoms with E-state index in [1.54, 1.807) is 6.92 Å². The van der Waals surface area contributed by atoms with Gasteiger partial charge in [-0.15, -0.1) is 0 Å². The lowest BCUT2D eigenvalue weighted by atomic mass is 10.2. The van der Waals surface area contributed by atoms with Crippen molar-refractivity contribution in [2.45, 2.75) is 13.1 Å². The first kappa shape index (κ1) is 21.7. The molecular weight excluding hydrogens is 473 g/mol. The van der Waals surface area contributed by atoms with E-state index < -0.39 is 11.7 Å². The van der Waals surface area contributed by atoms with Crippen LogP contribution in [-0.4, -0.2) is 21.0 Å². The highest BCUT2D eigenvalue weighted by Gasteiger charge is 2.30. The molecule has 0 saturated heterocycles. The van der Waals surface area contributed by atoms with Gasteiger partial charge >= 0.3 is 6.18 Å². The van der Waals surface area contributed by atoms with E-state index in [2.05, 4.69) is 20.6 Å². The zero-order chi connectivity index (χ0) is 21.3. The number of hydrogen-bond acceptors (Lipinski definition) is 4. The zero-order valence-electron chi connectivity index (χ0n) is 14.4. The molecule has 12 heteroatoms. The Morgan fingerprint density at radius 3 is 2.52 bits per heavy atom. The number of aryl methyl sites for hydroxylation is 1. The SMILES string of the molecule is Cc1nn(-c2cccc(C(F)(F)F)c2)c(Cl)c1C=NNc1nc(Cl)c(Cl)cc1Cl. The Kier molecular flexibility index (Phi) is 6.28. The number of pyridine rings is 1. The summed E-state index contributed by atoms with van der Waals surface area (Å²) in [5.41, 5.74) is 2.80. The highest BCUT2D eigenvalue weighted by atomic mass is 35.5. The Balaban J connectivity index is 1.89. The fraction of sp³-hybridized carbons (Fsp3) is 0.118. The van der Waals surface area contributed by atoms with Gasteiger partial charge in [0.05, 0.1) is 38.8 Å². The molecule has 0 saturated carbocycles. The van der Waals surface area contributed by atoms with Crippen LogP contribution in [0.3, 0.4) is 0 Å². The molecule has 1 N–H and O–H groups in total. The normalized spacial score (nSPS) is 12.0. The van der Waals surface area contributed by atoms with Crippen LogP contribution in [0.2, 0.25) is 20.4 Å². The lowest BCUT2D eigenvalue weighted by Gasteiger charge is -2.09. The fourth-order valence-electron chi connectivity index (χ4n) is 2.32. The minimum absolute atomic E-state index is 0.0420. The molecule has 0 bridgehead atoms. The summed E-state index contributed by atoms with van der Waals surface area (Å²) in [6.45, 7) is 1.64. The van der Waals surface area contributed by atoms with Crippen molar-refractivity contribution in [3.8, 4) is 5.69 Å². The van der Waals surface area contributed by atoms with Crippen LogP contribution in [-0.2, 0) is 6.18 Å². The molecule has 0 aliphatic heterocycles. The summed E-state index contributed by atoms with van der Waals surface area (Å²) in [7, 11) is 0. The van der Waals surface area contributed by atoms with Crippen molar-refractivity contribution in [2.24, 2.45) is 5.10 Å². The van der Waals surface area contributed by atoms with E-state index in [1.807, 2.05) is 0 Å². The number of nitrogens with zero attached hydrogens (tertiary/aromatic N) is 4. The van der Waals surface area contributed by atoms with Crippen molar-refractivity contribution >= 4 is 58.4 Å². The molecule has 1 aromatic carbocycles. The number of halogens is 7. The molecule has 3 rings (SSSR count). The first-order valence-electron chi connectivity index (χ1n) is 7.81. The van der Waals surface area contributed by atoms with E-state index in [0.29, 0.717) is 11.3 Å². The average molecular weight is 483 g/mol. The van der Waals surface area contributed by atoms with Crippen molar-refractivity contribution in [1.29, 1.82) is 0 Å². The number of rotatable bonds is 4. The Bertz CT molecular complexity index is 1100. The summed E-state index contributed by atoms with van der Waals surface area (Å²) in [6, 6.07) is 6.07. The summed E-state index contributed by atoms with van der Waals surface area (Å²) >= 11 is 24.0. The molecule has 0 atom stereocenters. The molecule has 3 aromatic rings. The number of aromatic nitrogens is 3. The predicted molar refractivity (Wildman–Crippen MR) is 109 cm³/mol. The number of nitrogens with one attached hydrogen (secondary N) is 1. The van der Waals surface area contributed by atoms with E-state index in [0.717, 1.165) is 12.1 Å². The van der Waals surface area contributed by atoms with Gasteiger partial charge in [0.25, 0.3) is 0 Å². The summed E-state index contributed by atoms with van der Waals surface area (Å²) in [5, 5.41) is 8.68. The molecule has 0 fully saturated rings. The smallest absolute Gasteiger partial charge is 0.260 e. The van der Waals surface area contributed by atoms with E-state index in [9.17, 15) is 13.2 Å². The fourth-order valence-corrected chi connectivity index (χ4v) is 3.18. The summed E-state index contributed by atoms with van der Waals surface area (Å²) in [6.07, 6.45) is -3.14. The van der Waals surface area contributed by atoms with E-state index in [4.69, 9.17) is 46.4 Å². The van der Waals surface area contributed by atoms with Crippen molar-refractivity contribution in [2.75, 3.05) is 5.43 Å². The standard InChI is InChI=1S/C17H10Cl4F3N5/c1-8-11(7-25-27-16-13(19)6-12(18)14(20)26-16)15(21)29(28-8)10-4-2-3-9(5-10)17(22,23)24/h2-7H,1H3,(H,26,27).